The molecule has 1 unspecified atom stereocenters. The third-order valence-corrected chi connectivity index (χ3v) is 11.0. The Morgan fingerprint density at radius 2 is 1.41 bits per heavy atom. The summed E-state index contributed by atoms with van der Waals surface area (Å²) in [6.07, 6.45) is 2.10. The Hall–Kier alpha value is -3.67. The lowest BCUT2D eigenvalue weighted by Crippen LogP contribution is -2.55. The highest BCUT2D eigenvalue weighted by atomic mass is 32.2. The summed E-state index contributed by atoms with van der Waals surface area (Å²) in [4.78, 5) is 29.4. The number of halogens is 2. The molecule has 0 aliphatic carbocycles. The molecule has 3 atom stereocenters. The molecule has 11 heteroatoms. The number of amides is 2. The molecule has 4 N–H and O–H groups in total. The lowest BCUT2D eigenvalue weighted by molar-refractivity contribution is -0.135. The van der Waals surface area contributed by atoms with Gasteiger partial charge in [-0.25, -0.2) is 17.2 Å². The van der Waals surface area contributed by atoms with Crippen LogP contribution in [0.2, 0.25) is 0 Å². The molecule has 3 aromatic rings. The first kappa shape index (κ1) is 39.8. The highest BCUT2D eigenvalue weighted by Gasteiger charge is 2.36. The zero-order valence-corrected chi connectivity index (χ0v) is 29.8. The number of nitrogens with one attached hydrogen (secondary N) is 1. The lowest BCUT2D eigenvalue weighted by atomic mass is 10.0. The number of benzene rings is 3. The Morgan fingerprint density at radius 3 is 2.00 bits per heavy atom. The van der Waals surface area contributed by atoms with Crippen LogP contribution in [0.15, 0.2) is 66.7 Å². The second-order valence-corrected chi connectivity index (χ2v) is 15.0. The lowest BCUT2D eigenvalue weighted by Gasteiger charge is -2.32. The molecular weight excluding hydrogens is 648 g/mol. The van der Waals surface area contributed by atoms with Gasteiger partial charge in [-0.15, -0.1) is 0 Å². The Morgan fingerprint density at radius 1 is 0.837 bits per heavy atom. The molecular formula is C38H51F2N3O5S. The van der Waals surface area contributed by atoms with Crippen LogP contribution in [0.1, 0.15) is 86.0 Å². The Bertz CT molecular complexity index is 1630. The van der Waals surface area contributed by atoms with Crippen molar-refractivity contribution in [3.8, 4) is 0 Å². The molecule has 0 aromatic heterocycles. The minimum Gasteiger partial charge on any atom is -0.390 e. The number of nitrogens with zero attached hydrogens (tertiary/aromatic N) is 1. The molecule has 3 rings (SSSR count). The molecule has 8 nitrogen and oxygen atoms in total. The maximum Gasteiger partial charge on any atom is 0.251 e. The van der Waals surface area contributed by atoms with Crippen molar-refractivity contribution in [1.82, 2.24) is 10.2 Å². The quantitative estimate of drug-likeness (QED) is 0.151. The van der Waals surface area contributed by atoms with Gasteiger partial charge in [-0.3, -0.25) is 9.59 Å². The van der Waals surface area contributed by atoms with Crippen LogP contribution >= 0.6 is 0 Å². The molecule has 3 aromatic carbocycles. The molecule has 0 heterocycles. The first-order valence-electron chi connectivity index (χ1n) is 17.2. The second kappa shape index (κ2) is 18.9. The molecule has 0 fully saturated rings. The highest BCUT2D eigenvalue weighted by Crippen LogP contribution is 2.20. The Balaban J connectivity index is 2.01. The Kier molecular flexibility index (Phi) is 15.4. The average molecular weight is 700 g/mol. The van der Waals surface area contributed by atoms with E-state index in [1.165, 1.54) is 4.90 Å². The molecule has 0 aliphatic heterocycles. The smallest absolute Gasteiger partial charge is 0.251 e. The van der Waals surface area contributed by atoms with Gasteiger partial charge in [0.2, 0.25) is 5.91 Å². The van der Waals surface area contributed by atoms with E-state index >= 15 is 0 Å². The first-order valence-corrected chi connectivity index (χ1v) is 18.9. The van der Waals surface area contributed by atoms with Gasteiger partial charge >= 0.3 is 0 Å². The standard InChI is InChI=1S/C38H51F2N3O5S/c1-5-11-33(12-6-2)49(47,48)25-35(42-37(45)30-16-10-14-27(8-4)18-30)38(46)43(23-28-15-9-13-26(7-3)17-28)24-36(44)34(41)21-29-19-31(39)22-32(40)20-29/h9-10,13-20,22,33-36,44H,5-8,11-12,21,23-25,41H2,1-4H3,(H,42,45)/t34-,35?,36+/m0/s1. The van der Waals surface area contributed by atoms with E-state index in [1.807, 2.05) is 58.0 Å². The fourth-order valence-corrected chi connectivity index (χ4v) is 8.14. The second-order valence-electron chi connectivity index (χ2n) is 12.7. The molecule has 0 aliphatic rings. The van der Waals surface area contributed by atoms with Crippen molar-refractivity contribution in [2.24, 2.45) is 5.73 Å². The summed E-state index contributed by atoms with van der Waals surface area (Å²) in [6, 6.07) is 15.0. The molecule has 0 spiro atoms. The minimum atomic E-state index is -3.86. The van der Waals surface area contributed by atoms with Crippen LogP contribution in [0, 0.1) is 11.6 Å². The first-order chi connectivity index (χ1) is 23.3. The zero-order chi connectivity index (χ0) is 36.1. The van der Waals surface area contributed by atoms with Crippen LogP contribution in [-0.2, 0) is 40.4 Å². The van der Waals surface area contributed by atoms with E-state index in [-0.39, 0.29) is 25.1 Å². The molecule has 0 saturated heterocycles. The number of aliphatic hydroxyl groups is 1. The number of aryl methyl sites for hydroxylation is 2. The third-order valence-electron chi connectivity index (χ3n) is 8.71. The van der Waals surface area contributed by atoms with Crippen LogP contribution in [0.4, 0.5) is 8.78 Å². The van der Waals surface area contributed by atoms with Crippen LogP contribution in [0.25, 0.3) is 0 Å². The number of sulfone groups is 1. The van der Waals surface area contributed by atoms with Crippen molar-refractivity contribution >= 4 is 21.7 Å². The predicted molar refractivity (Wildman–Crippen MR) is 190 cm³/mol. The van der Waals surface area contributed by atoms with Gasteiger partial charge in [0.25, 0.3) is 5.91 Å². The van der Waals surface area contributed by atoms with Gasteiger partial charge in [0.05, 0.1) is 17.1 Å². The monoisotopic (exact) mass is 699 g/mol. The van der Waals surface area contributed by atoms with Crippen LogP contribution < -0.4 is 11.1 Å². The van der Waals surface area contributed by atoms with Crippen molar-refractivity contribution in [3.63, 3.8) is 0 Å². The molecule has 0 saturated carbocycles. The van der Waals surface area contributed by atoms with Crippen molar-refractivity contribution in [2.75, 3.05) is 12.3 Å². The molecule has 2 amide bonds. The van der Waals surface area contributed by atoms with E-state index in [2.05, 4.69) is 5.32 Å². The third kappa shape index (κ3) is 12.0. The van der Waals surface area contributed by atoms with E-state index in [0.29, 0.717) is 37.7 Å². The summed E-state index contributed by atoms with van der Waals surface area (Å²) in [7, 11) is -3.86. The van der Waals surface area contributed by atoms with E-state index in [1.54, 1.807) is 18.2 Å². The zero-order valence-electron chi connectivity index (χ0n) is 29.0. The van der Waals surface area contributed by atoms with Gasteiger partial charge in [0, 0.05) is 30.8 Å². The van der Waals surface area contributed by atoms with Crippen molar-refractivity contribution < 1.29 is 31.9 Å². The van der Waals surface area contributed by atoms with Crippen molar-refractivity contribution in [3.05, 3.63) is 106 Å². The number of hydrogen-bond acceptors (Lipinski definition) is 6. The summed E-state index contributed by atoms with van der Waals surface area (Å²) < 4.78 is 55.4. The fourth-order valence-electron chi connectivity index (χ4n) is 5.98. The number of nitrogens with two attached hydrogens (primary N) is 1. The van der Waals surface area contributed by atoms with Gasteiger partial charge < -0.3 is 21.1 Å². The van der Waals surface area contributed by atoms with Crippen LogP contribution in [-0.4, -0.2) is 66.0 Å². The number of hydrogen-bond donors (Lipinski definition) is 3. The molecule has 268 valence electrons. The van der Waals surface area contributed by atoms with Crippen molar-refractivity contribution in [1.29, 1.82) is 0 Å². The van der Waals surface area contributed by atoms with Gasteiger partial charge in [0.15, 0.2) is 9.84 Å². The molecule has 49 heavy (non-hydrogen) atoms. The summed E-state index contributed by atoms with van der Waals surface area (Å²) >= 11 is 0. The van der Waals surface area contributed by atoms with Crippen LogP contribution in [0.5, 0.6) is 0 Å². The summed E-state index contributed by atoms with van der Waals surface area (Å²) in [6.45, 7) is 7.42. The normalized spacial score (nSPS) is 13.6. The van der Waals surface area contributed by atoms with Gasteiger partial charge in [-0.05, 0) is 78.6 Å². The Labute approximate surface area is 290 Å². The van der Waals surface area contributed by atoms with Crippen molar-refractivity contribution in [2.45, 2.75) is 103 Å². The van der Waals surface area contributed by atoms with E-state index < -0.39 is 62.5 Å². The molecule has 0 radical (unpaired) electrons. The fraction of sp³-hybridized carbons (Fsp3) is 0.474. The largest absolute Gasteiger partial charge is 0.390 e. The number of aliphatic hydroxyl groups excluding tert-OH is 1. The number of carbonyl (C=O) groups excluding carboxylic acids is 2. The topological polar surface area (TPSA) is 130 Å². The van der Waals surface area contributed by atoms with Gasteiger partial charge in [0.1, 0.15) is 17.7 Å². The maximum atomic E-state index is 14.5. The molecule has 0 bridgehead atoms. The highest BCUT2D eigenvalue weighted by molar-refractivity contribution is 7.92. The SMILES string of the molecule is CCCC(CCC)S(=O)(=O)CC(NC(=O)c1cccc(CC)c1)C(=O)N(Cc1cccc(CC)c1)C[C@@H](O)[C@@H](N)Cc1cc(F)cc(F)c1. The average Bonchev–Trinajstić information content (AvgIpc) is 3.06. The van der Waals surface area contributed by atoms with E-state index in [9.17, 15) is 31.9 Å². The number of rotatable bonds is 19. The summed E-state index contributed by atoms with van der Waals surface area (Å²) in [5, 5.41) is 13.3. The summed E-state index contributed by atoms with van der Waals surface area (Å²) in [5.41, 5.74) is 9.49. The van der Waals surface area contributed by atoms with Crippen LogP contribution in [0.3, 0.4) is 0 Å². The van der Waals surface area contributed by atoms with Gasteiger partial charge in [-0.2, -0.15) is 0 Å². The van der Waals surface area contributed by atoms with E-state index in [4.69, 9.17) is 5.73 Å². The number of carbonyl (C=O) groups is 2. The summed E-state index contributed by atoms with van der Waals surface area (Å²) in [5.74, 6) is -3.47. The minimum absolute atomic E-state index is 0.00384. The van der Waals surface area contributed by atoms with E-state index in [0.717, 1.165) is 41.3 Å². The maximum absolute atomic E-state index is 14.5. The predicted octanol–water partition coefficient (Wildman–Crippen LogP) is 5.53. The van der Waals surface area contributed by atoms with Gasteiger partial charge in [-0.1, -0.05) is 76.9 Å².